The van der Waals surface area contributed by atoms with Gasteiger partial charge in [-0.25, -0.2) is 4.68 Å². The molecule has 0 spiro atoms. The molecule has 0 saturated heterocycles. The predicted molar refractivity (Wildman–Crippen MR) is 97.7 cm³/mol. The summed E-state index contributed by atoms with van der Waals surface area (Å²) in [4.78, 5) is 26.1. The fourth-order valence-corrected chi connectivity index (χ4v) is 3.49. The van der Waals surface area contributed by atoms with Crippen LogP contribution in [0.4, 0.5) is 0 Å². The summed E-state index contributed by atoms with van der Waals surface area (Å²) in [6.07, 6.45) is 1.53. The van der Waals surface area contributed by atoms with Crippen molar-refractivity contribution < 1.29 is 9.21 Å². The van der Waals surface area contributed by atoms with Crippen LogP contribution in [0, 0.1) is 0 Å². The van der Waals surface area contributed by atoms with Gasteiger partial charge in [0, 0.05) is 4.88 Å². The molecule has 1 N–H and O–H groups in total. The molecular formula is C18H14N4O3S. The Morgan fingerprint density at radius 1 is 1.19 bits per heavy atom. The molecule has 130 valence electrons. The van der Waals surface area contributed by atoms with Crippen LogP contribution in [0.15, 0.2) is 64.0 Å². The van der Waals surface area contributed by atoms with Gasteiger partial charge in [-0.15, -0.1) is 16.4 Å². The van der Waals surface area contributed by atoms with Gasteiger partial charge in [0.15, 0.2) is 4.83 Å². The first kappa shape index (κ1) is 16.2. The second-order valence-electron chi connectivity index (χ2n) is 5.60. The van der Waals surface area contributed by atoms with Gasteiger partial charge >= 0.3 is 0 Å². The van der Waals surface area contributed by atoms with Gasteiger partial charge in [0.05, 0.1) is 18.2 Å². The molecule has 8 heteroatoms. The summed E-state index contributed by atoms with van der Waals surface area (Å²) in [7, 11) is 0. The molecule has 3 aromatic heterocycles. The first-order chi connectivity index (χ1) is 12.7. The summed E-state index contributed by atoms with van der Waals surface area (Å²) in [5.74, 6) is 0.299. The molecule has 3 heterocycles. The van der Waals surface area contributed by atoms with Crippen molar-refractivity contribution in [3.8, 4) is 10.4 Å². The van der Waals surface area contributed by atoms with Crippen LogP contribution in [0.5, 0.6) is 0 Å². The van der Waals surface area contributed by atoms with Crippen LogP contribution in [0.3, 0.4) is 0 Å². The van der Waals surface area contributed by atoms with E-state index in [4.69, 9.17) is 4.42 Å². The minimum Gasteiger partial charge on any atom is -0.467 e. The van der Waals surface area contributed by atoms with Crippen molar-refractivity contribution in [2.75, 3.05) is 0 Å². The number of amides is 1. The number of carbonyl (C=O) groups excluding carboxylic acids is 1. The average Bonchev–Trinajstić information content (AvgIpc) is 3.33. The SMILES string of the molecule is O=C(Cn1nnc2sc(-c3ccccc3)cc2c1=O)NCc1ccco1. The zero-order chi connectivity index (χ0) is 17.9. The Balaban J connectivity index is 1.55. The van der Waals surface area contributed by atoms with Gasteiger partial charge in [-0.1, -0.05) is 35.5 Å². The molecule has 0 aliphatic rings. The molecule has 0 aliphatic carbocycles. The van der Waals surface area contributed by atoms with E-state index in [9.17, 15) is 9.59 Å². The minimum absolute atomic E-state index is 0.195. The smallest absolute Gasteiger partial charge is 0.279 e. The zero-order valence-electron chi connectivity index (χ0n) is 13.6. The lowest BCUT2D eigenvalue weighted by Crippen LogP contribution is -2.33. The van der Waals surface area contributed by atoms with Gasteiger partial charge < -0.3 is 9.73 Å². The van der Waals surface area contributed by atoms with Crippen LogP contribution < -0.4 is 10.9 Å². The molecule has 0 unspecified atom stereocenters. The lowest BCUT2D eigenvalue weighted by Gasteiger charge is -2.04. The third-order valence-electron chi connectivity index (χ3n) is 3.81. The van der Waals surface area contributed by atoms with Gasteiger partial charge in [0.1, 0.15) is 12.3 Å². The second kappa shape index (κ2) is 6.93. The molecule has 0 saturated carbocycles. The Labute approximate surface area is 151 Å². The maximum atomic E-state index is 12.6. The molecule has 0 fully saturated rings. The quantitative estimate of drug-likeness (QED) is 0.586. The topological polar surface area (TPSA) is 90.0 Å². The van der Waals surface area contributed by atoms with Crippen molar-refractivity contribution in [3.05, 3.63) is 70.9 Å². The van der Waals surface area contributed by atoms with E-state index in [1.807, 2.05) is 30.3 Å². The van der Waals surface area contributed by atoms with E-state index in [1.54, 1.807) is 18.2 Å². The fourth-order valence-electron chi connectivity index (χ4n) is 2.52. The van der Waals surface area contributed by atoms with Crippen LogP contribution in [-0.4, -0.2) is 20.9 Å². The van der Waals surface area contributed by atoms with Gasteiger partial charge in [0.25, 0.3) is 5.56 Å². The van der Waals surface area contributed by atoms with Crippen LogP contribution in [0.2, 0.25) is 0 Å². The largest absolute Gasteiger partial charge is 0.467 e. The third-order valence-corrected chi connectivity index (χ3v) is 4.88. The van der Waals surface area contributed by atoms with E-state index in [1.165, 1.54) is 17.6 Å². The number of fused-ring (bicyclic) bond motifs is 1. The maximum Gasteiger partial charge on any atom is 0.279 e. The number of hydrogen-bond donors (Lipinski definition) is 1. The normalized spacial score (nSPS) is 10.9. The summed E-state index contributed by atoms with van der Waals surface area (Å²) in [6.45, 7) is 0.0614. The summed E-state index contributed by atoms with van der Waals surface area (Å²) < 4.78 is 6.22. The van der Waals surface area contributed by atoms with Crippen LogP contribution in [0.1, 0.15) is 5.76 Å². The van der Waals surface area contributed by atoms with E-state index in [0.29, 0.717) is 16.0 Å². The first-order valence-electron chi connectivity index (χ1n) is 7.92. The van der Waals surface area contributed by atoms with E-state index < -0.39 is 0 Å². The Kier molecular flexibility index (Phi) is 4.32. The average molecular weight is 366 g/mol. The summed E-state index contributed by atoms with van der Waals surface area (Å²) >= 11 is 1.40. The van der Waals surface area contributed by atoms with E-state index in [0.717, 1.165) is 15.1 Å². The minimum atomic E-state index is -0.337. The van der Waals surface area contributed by atoms with Crippen molar-refractivity contribution in [2.24, 2.45) is 0 Å². The third kappa shape index (κ3) is 3.27. The summed E-state index contributed by atoms with van der Waals surface area (Å²) in [6, 6.07) is 15.0. The van der Waals surface area contributed by atoms with Crippen molar-refractivity contribution in [2.45, 2.75) is 13.1 Å². The highest BCUT2D eigenvalue weighted by Gasteiger charge is 2.13. The van der Waals surface area contributed by atoms with Crippen molar-refractivity contribution in [3.63, 3.8) is 0 Å². The Bertz CT molecular complexity index is 1100. The number of carbonyl (C=O) groups is 1. The van der Waals surface area contributed by atoms with Crippen molar-refractivity contribution >= 4 is 27.5 Å². The van der Waals surface area contributed by atoms with E-state index in [2.05, 4.69) is 15.6 Å². The molecule has 0 bridgehead atoms. The van der Waals surface area contributed by atoms with Gasteiger partial charge in [0.2, 0.25) is 5.91 Å². The second-order valence-corrected chi connectivity index (χ2v) is 6.63. The maximum absolute atomic E-state index is 12.6. The number of furan rings is 1. The molecular weight excluding hydrogens is 352 g/mol. The summed E-state index contributed by atoms with van der Waals surface area (Å²) in [5.41, 5.74) is 0.680. The predicted octanol–water partition coefficient (Wildman–Crippen LogP) is 2.43. The monoisotopic (exact) mass is 366 g/mol. The Hall–Kier alpha value is -3.26. The number of hydrogen-bond acceptors (Lipinski definition) is 6. The van der Waals surface area contributed by atoms with Gasteiger partial charge in [-0.05, 0) is 23.8 Å². The Morgan fingerprint density at radius 2 is 2.04 bits per heavy atom. The molecule has 4 aromatic rings. The lowest BCUT2D eigenvalue weighted by molar-refractivity contribution is -0.122. The van der Waals surface area contributed by atoms with Crippen molar-refractivity contribution in [1.82, 2.24) is 20.3 Å². The zero-order valence-corrected chi connectivity index (χ0v) is 14.4. The Morgan fingerprint density at radius 3 is 2.81 bits per heavy atom. The fraction of sp³-hybridized carbons (Fsp3) is 0.111. The van der Waals surface area contributed by atoms with E-state index >= 15 is 0 Å². The number of nitrogens with zero attached hydrogens (tertiary/aromatic N) is 3. The number of thiophene rings is 1. The standard InChI is InChI=1S/C18H14N4O3S/c23-16(19-10-13-7-4-8-25-13)11-22-18(24)14-9-15(26-17(14)20-21-22)12-5-2-1-3-6-12/h1-9H,10-11H2,(H,19,23). The summed E-state index contributed by atoms with van der Waals surface area (Å²) in [5, 5.41) is 11.1. The van der Waals surface area contributed by atoms with Crippen LogP contribution in [0.25, 0.3) is 20.7 Å². The highest BCUT2D eigenvalue weighted by atomic mass is 32.1. The van der Waals surface area contributed by atoms with Crippen LogP contribution >= 0.6 is 11.3 Å². The van der Waals surface area contributed by atoms with E-state index in [-0.39, 0.29) is 24.6 Å². The number of nitrogens with one attached hydrogen (secondary N) is 1. The molecule has 0 aliphatic heterocycles. The molecule has 7 nitrogen and oxygen atoms in total. The molecule has 1 aromatic carbocycles. The molecule has 0 radical (unpaired) electrons. The highest BCUT2D eigenvalue weighted by Crippen LogP contribution is 2.30. The van der Waals surface area contributed by atoms with Gasteiger partial charge in [-0.2, -0.15) is 0 Å². The number of aromatic nitrogens is 3. The molecule has 26 heavy (non-hydrogen) atoms. The van der Waals surface area contributed by atoms with Crippen molar-refractivity contribution in [1.29, 1.82) is 0 Å². The highest BCUT2D eigenvalue weighted by molar-refractivity contribution is 7.21. The van der Waals surface area contributed by atoms with Gasteiger partial charge in [-0.3, -0.25) is 9.59 Å². The molecule has 0 atom stereocenters. The van der Waals surface area contributed by atoms with Crippen LogP contribution in [-0.2, 0) is 17.9 Å². The molecule has 4 rings (SSSR count). The lowest BCUT2D eigenvalue weighted by atomic mass is 10.2. The number of rotatable bonds is 5. The first-order valence-corrected chi connectivity index (χ1v) is 8.74. The molecule has 1 amide bonds. The number of benzene rings is 1.